The minimum atomic E-state index is -0.348. The Kier molecular flexibility index (Phi) is 4.31. The highest BCUT2D eigenvalue weighted by atomic mass is 32.2. The molecule has 1 aliphatic rings. The number of amides is 1. The lowest BCUT2D eigenvalue weighted by atomic mass is 10.1. The zero-order valence-electron chi connectivity index (χ0n) is 9.99. The lowest BCUT2D eigenvalue weighted by Gasteiger charge is -2.16. The molecule has 3 nitrogen and oxygen atoms in total. The van der Waals surface area contributed by atoms with E-state index in [1.54, 1.807) is 6.92 Å². The van der Waals surface area contributed by atoms with E-state index in [-0.39, 0.29) is 6.09 Å². The standard InChI is InChI=1S/C13H17NO2S/c1-2-16-13(15)14-9-10-5-6-12-11(8-10)4-3-7-17-12/h5-6,8H,2-4,7,9H2,1H3,(H,14,15). The molecule has 4 heteroatoms. The molecule has 1 aromatic carbocycles. The lowest BCUT2D eigenvalue weighted by molar-refractivity contribution is 0.151. The SMILES string of the molecule is CCOC(=O)NCc1ccc2c(c1)CCCS2. The van der Waals surface area contributed by atoms with Gasteiger partial charge in [0.2, 0.25) is 0 Å². The molecular formula is C13H17NO2S. The first-order chi connectivity index (χ1) is 8.29. The van der Waals surface area contributed by atoms with Gasteiger partial charge in [-0.25, -0.2) is 4.79 Å². The fourth-order valence-corrected chi connectivity index (χ4v) is 2.90. The van der Waals surface area contributed by atoms with E-state index in [0.717, 1.165) is 12.0 Å². The summed E-state index contributed by atoms with van der Waals surface area (Å²) in [6.07, 6.45) is 2.04. The molecule has 2 rings (SSSR count). The van der Waals surface area contributed by atoms with Crippen LogP contribution in [0.15, 0.2) is 23.1 Å². The summed E-state index contributed by atoms with van der Waals surface area (Å²) in [5.74, 6) is 1.22. The molecule has 0 atom stereocenters. The third-order valence-corrected chi connectivity index (χ3v) is 3.89. The summed E-state index contributed by atoms with van der Waals surface area (Å²) in [5.41, 5.74) is 2.55. The molecule has 0 saturated heterocycles. The van der Waals surface area contributed by atoms with Crippen molar-refractivity contribution in [3.05, 3.63) is 29.3 Å². The number of aryl methyl sites for hydroxylation is 1. The predicted molar refractivity (Wildman–Crippen MR) is 69.3 cm³/mol. The minimum absolute atomic E-state index is 0.348. The molecule has 0 aliphatic carbocycles. The Hall–Kier alpha value is -1.16. The Bertz CT molecular complexity index is 406. The molecule has 1 aromatic rings. The molecule has 0 aromatic heterocycles. The molecule has 0 saturated carbocycles. The number of alkyl carbamates (subject to hydrolysis) is 1. The van der Waals surface area contributed by atoms with Gasteiger partial charge in [0.05, 0.1) is 6.61 Å². The molecule has 17 heavy (non-hydrogen) atoms. The number of rotatable bonds is 3. The molecular weight excluding hydrogens is 234 g/mol. The first kappa shape index (κ1) is 12.3. The first-order valence-electron chi connectivity index (χ1n) is 5.95. The summed E-state index contributed by atoms with van der Waals surface area (Å²) in [5, 5.41) is 2.74. The number of hydrogen-bond acceptors (Lipinski definition) is 3. The molecule has 1 aliphatic heterocycles. The van der Waals surface area contributed by atoms with E-state index in [4.69, 9.17) is 4.74 Å². The van der Waals surface area contributed by atoms with E-state index >= 15 is 0 Å². The predicted octanol–water partition coefficient (Wildman–Crippen LogP) is 2.97. The molecule has 1 amide bonds. The average molecular weight is 251 g/mol. The van der Waals surface area contributed by atoms with Crippen LogP contribution in [0, 0.1) is 0 Å². The van der Waals surface area contributed by atoms with Crippen molar-refractivity contribution in [3.8, 4) is 0 Å². The number of ether oxygens (including phenoxy) is 1. The number of nitrogens with one attached hydrogen (secondary N) is 1. The van der Waals surface area contributed by atoms with Crippen molar-refractivity contribution in [2.24, 2.45) is 0 Å². The van der Waals surface area contributed by atoms with Gasteiger partial charge in [0.1, 0.15) is 0 Å². The van der Waals surface area contributed by atoms with Crippen LogP contribution >= 0.6 is 11.8 Å². The van der Waals surface area contributed by atoms with E-state index in [1.165, 1.54) is 22.6 Å². The summed E-state index contributed by atoms with van der Waals surface area (Å²) in [6.45, 7) is 2.75. The molecule has 0 bridgehead atoms. The summed E-state index contributed by atoms with van der Waals surface area (Å²) in [4.78, 5) is 12.6. The van der Waals surface area contributed by atoms with Crippen molar-refractivity contribution in [2.45, 2.75) is 31.2 Å². The van der Waals surface area contributed by atoms with Crippen LogP contribution in [0.3, 0.4) is 0 Å². The van der Waals surface area contributed by atoms with Crippen LogP contribution in [0.2, 0.25) is 0 Å². The van der Waals surface area contributed by atoms with Crippen molar-refractivity contribution >= 4 is 17.9 Å². The Morgan fingerprint density at radius 1 is 1.53 bits per heavy atom. The molecule has 0 unspecified atom stereocenters. The second kappa shape index (κ2) is 5.96. The van der Waals surface area contributed by atoms with Gasteiger partial charge in [-0.2, -0.15) is 0 Å². The second-order valence-corrected chi connectivity index (χ2v) is 5.10. The smallest absolute Gasteiger partial charge is 0.407 e. The van der Waals surface area contributed by atoms with Crippen LogP contribution in [0.1, 0.15) is 24.5 Å². The minimum Gasteiger partial charge on any atom is -0.450 e. The van der Waals surface area contributed by atoms with E-state index in [1.807, 2.05) is 11.8 Å². The maximum Gasteiger partial charge on any atom is 0.407 e. The van der Waals surface area contributed by atoms with Gasteiger partial charge in [-0.1, -0.05) is 12.1 Å². The van der Waals surface area contributed by atoms with Gasteiger partial charge in [0.25, 0.3) is 0 Å². The van der Waals surface area contributed by atoms with Crippen molar-refractivity contribution in [3.63, 3.8) is 0 Å². The van der Waals surface area contributed by atoms with E-state index in [0.29, 0.717) is 13.2 Å². The average Bonchev–Trinajstić information content (AvgIpc) is 2.36. The van der Waals surface area contributed by atoms with Gasteiger partial charge in [-0.05, 0) is 42.7 Å². The number of carbonyl (C=O) groups excluding carboxylic acids is 1. The zero-order valence-corrected chi connectivity index (χ0v) is 10.8. The van der Waals surface area contributed by atoms with Crippen molar-refractivity contribution in [2.75, 3.05) is 12.4 Å². The van der Waals surface area contributed by atoms with Gasteiger partial charge in [0, 0.05) is 11.4 Å². The molecule has 0 fully saturated rings. The van der Waals surface area contributed by atoms with Crippen molar-refractivity contribution < 1.29 is 9.53 Å². The maximum atomic E-state index is 11.2. The van der Waals surface area contributed by atoms with Crippen molar-refractivity contribution in [1.29, 1.82) is 0 Å². The topological polar surface area (TPSA) is 38.3 Å². The van der Waals surface area contributed by atoms with E-state index in [9.17, 15) is 4.79 Å². The van der Waals surface area contributed by atoms with Crippen LogP contribution < -0.4 is 5.32 Å². The highest BCUT2D eigenvalue weighted by Crippen LogP contribution is 2.30. The van der Waals surface area contributed by atoms with E-state index < -0.39 is 0 Å². The molecule has 0 spiro atoms. The third kappa shape index (κ3) is 3.40. The summed E-state index contributed by atoms with van der Waals surface area (Å²) in [7, 11) is 0. The number of carbonyl (C=O) groups is 1. The Morgan fingerprint density at radius 3 is 3.24 bits per heavy atom. The summed E-state index contributed by atoms with van der Waals surface area (Å²) < 4.78 is 4.82. The fraction of sp³-hybridized carbons (Fsp3) is 0.462. The van der Waals surface area contributed by atoms with Gasteiger partial charge >= 0.3 is 6.09 Å². The third-order valence-electron chi connectivity index (χ3n) is 2.69. The van der Waals surface area contributed by atoms with E-state index in [2.05, 4.69) is 23.5 Å². The number of benzene rings is 1. The highest BCUT2D eigenvalue weighted by molar-refractivity contribution is 7.99. The normalized spacial score (nSPS) is 13.9. The number of hydrogen-bond donors (Lipinski definition) is 1. The van der Waals surface area contributed by atoms with Gasteiger partial charge in [-0.3, -0.25) is 0 Å². The molecule has 92 valence electrons. The second-order valence-electron chi connectivity index (χ2n) is 3.97. The fourth-order valence-electron chi connectivity index (χ4n) is 1.88. The van der Waals surface area contributed by atoms with Crippen LogP contribution in [-0.4, -0.2) is 18.5 Å². The van der Waals surface area contributed by atoms with Crippen molar-refractivity contribution in [1.82, 2.24) is 5.32 Å². The zero-order chi connectivity index (χ0) is 12.1. The van der Waals surface area contributed by atoms with Gasteiger partial charge in [0.15, 0.2) is 0 Å². The van der Waals surface area contributed by atoms with Gasteiger partial charge in [-0.15, -0.1) is 11.8 Å². The molecule has 1 heterocycles. The van der Waals surface area contributed by atoms with Crippen LogP contribution in [-0.2, 0) is 17.7 Å². The van der Waals surface area contributed by atoms with Crippen LogP contribution in [0.5, 0.6) is 0 Å². The molecule has 0 radical (unpaired) electrons. The first-order valence-corrected chi connectivity index (χ1v) is 6.93. The highest BCUT2D eigenvalue weighted by Gasteiger charge is 2.10. The van der Waals surface area contributed by atoms with Crippen LogP contribution in [0.25, 0.3) is 0 Å². The Morgan fingerprint density at radius 2 is 2.41 bits per heavy atom. The summed E-state index contributed by atoms with van der Waals surface area (Å²) >= 11 is 1.92. The quantitative estimate of drug-likeness (QED) is 0.897. The monoisotopic (exact) mass is 251 g/mol. The Balaban J connectivity index is 1.95. The summed E-state index contributed by atoms with van der Waals surface area (Å²) in [6, 6.07) is 6.42. The number of fused-ring (bicyclic) bond motifs is 1. The largest absolute Gasteiger partial charge is 0.450 e. The number of thioether (sulfide) groups is 1. The maximum absolute atomic E-state index is 11.2. The van der Waals surface area contributed by atoms with Crippen LogP contribution in [0.4, 0.5) is 4.79 Å². The lowest BCUT2D eigenvalue weighted by Crippen LogP contribution is -2.23. The Labute approximate surface area is 106 Å². The van der Waals surface area contributed by atoms with Gasteiger partial charge < -0.3 is 10.1 Å². The molecule has 1 N–H and O–H groups in total.